The van der Waals surface area contributed by atoms with Crippen molar-refractivity contribution in [1.29, 1.82) is 0 Å². The zero-order chi connectivity index (χ0) is 24.3. The number of rotatable bonds is 19. The molecule has 0 aromatic heterocycles. The first-order valence-corrected chi connectivity index (χ1v) is 13.0. The minimum atomic E-state index is -1.12. The highest BCUT2D eigenvalue weighted by Crippen LogP contribution is 2.18. The third-order valence-electron chi connectivity index (χ3n) is 5.93. The lowest BCUT2D eigenvalue weighted by molar-refractivity contribution is 0.0243. The Balaban J connectivity index is 0.0000109. The summed E-state index contributed by atoms with van der Waals surface area (Å²) in [6.45, 7) is 10.0. The van der Waals surface area contributed by atoms with Gasteiger partial charge in [-0.25, -0.2) is 9.59 Å². The van der Waals surface area contributed by atoms with E-state index in [1.807, 2.05) is 0 Å². The number of ether oxygens (including phenoxy) is 1. The van der Waals surface area contributed by atoms with Crippen LogP contribution in [0.25, 0.3) is 0 Å². The van der Waals surface area contributed by atoms with Crippen molar-refractivity contribution in [3.63, 3.8) is 0 Å². The van der Waals surface area contributed by atoms with E-state index in [1.54, 1.807) is 24.3 Å². The third-order valence-corrected chi connectivity index (χ3v) is 5.93. The van der Waals surface area contributed by atoms with Crippen molar-refractivity contribution in [3.8, 4) is 0 Å². The number of unbranched alkanes of at least 4 members (excludes halogenated alkanes) is 6. The molecule has 34 heavy (non-hydrogen) atoms. The van der Waals surface area contributed by atoms with E-state index < -0.39 is 6.09 Å². The second kappa shape index (κ2) is 20.6. The topological polar surface area (TPSA) is 78.9 Å². The van der Waals surface area contributed by atoms with Crippen LogP contribution in [-0.4, -0.2) is 47.8 Å². The van der Waals surface area contributed by atoms with Gasteiger partial charge in [0.1, 0.15) is 6.10 Å². The van der Waals surface area contributed by atoms with Crippen molar-refractivity contribution in [2.45, 2.75) is 104 Å². The number of carbonyl (C=O) groups is 2. The molecule has 2 N–H and O–H groups in total. The Labute approximate surface area is 213 Å². The second-order valence-corrected chi connectivity index (χ2v) is 8.93. The van der Waals surface area contributed by atoms with Crippen LogP contribution in [-0.2, 0) is 4.74 Å². The van der Waals surface area contributed by atoms with Gasteiger partial charge in [0.05, 0.1) is 5.56 Å². The quantitative estimate of drug-likeness (QED) is 0.150. The molecule has 0 saturated heterocycles. The maximum absolute atomic E-state index is 12.7. The predicted molar refractivity (Wildman–Crippen MR) is 143 cm³/mol. The molecular formula is C27H47ClN2O4. The summed E-state index contributed by atoms with van der Waals surface area (Å²) < 4.78 is 5.91. The van der Waals surface area contributed by atoms with Crippen LogP contribution >= 0.6 is 12.4 Å². The molecule has 0 radical (unpaired) electrons. The molecule has 196 valence electrons. The van der Waals surface area contributed by atoms with Gasteiger partial charge in [0.15, 0.2) is 0 Å². The molecule has 6 nitrogen and oxygen atoms in total. The average Bonchev–Trinajstić information content (AvgIpc) is 2.80. The highest BCUT2D eigenvalue weighted by Gasteiger charge is 2.17. The van der Waals surface area contributed by atoms with Crippen LogP contribution in [0.5, 0.6) is 0 Å². The minimum absolute atomic E-state index is 0. The van der Waals surface area contributed by atoms with Gasteiger partial charge in [0.2, 0.25) is 0 Å². The summed E-state index contributed by atoms with van der Waals surface area (Å²) in [7, 11) is 0. The van der Waals surface area contributed by atoms with Gasteiger partial charge in [-0.15, -0.1) is 12.4 Å². The van der Waals surface area contributed by atoms with E-state index in [2.05, 4.69) is 31.0 Å². The van der Waals surface area contributed by atoms with Gasteiger partial charge in [-0.3, -0.25) is 5.32 Å². The number of hydrogen-bond acceptors (Lipinski definition) is 4. The van der Waals surface area contributed by atoms with E-state index in [1.165, 1.54) is 51.4 Å². The Morgan fingerprint density at radius 1 is 0.824 bits per heavy atom. The van der Waals surface area contributed by atoms with Gasteiger partial charge in [-0.1, -0.05) is 59.3 Å². The van der Waals surface area contributed by atoms with Gasteiger partial charge >= 0.3 is 12.1 Å². The predicted octanol–water partition coefficient (Wildman–Crippen LogP) is 7.77. The molecule has 0 aliphatic carbocycles. The highest BCUT2D eigenvalue weighted by atomic mass is 35.5. The summed E-state index contributed by atoms with van der Waals surface area (Å²) in [4.78, 5) is 26.0. The first-order valence-electron chi connectivity index (χ1n) is 13.0. The molecule has 1 aromatic rings. The number of anilines is 1. The average molecular weight is 499 g/mol. The van der Waals surface area contributed by atoms with Crippen molar-refractivity contribution >= 4 is 30.2 Å². The number of halogens is 1. The molecule has 0 heterocycles. The fourth-order valence-corrected chi connectivity index (χ4v) is 3.91. The fourth-order valence-electron chi connectivity index (χ4n) is 3.91. The summed E-state index contributed by atoms with van der Waals surface area (Å²) in [5.74, 6) is -0.329. The van der Waals surface area contributed by atoms with Gasteiger partial charge in [-0.05, 0) is 82.4 Å². The number of amides is 1. The lowest BCUT2D eigenvalue weighted by atomic mass is 10.0. The van der Waals surface area contributed by atoms with Crippen LogP contribution in [0.15, 0.2) is 24.3 Å². The van der Waals surface area contributed by atoms with Crippen LogP contribution in [0.4, 0.5) is 10.5 Å². The standard InChI is InChI=1S/C27H46N2O4.ClH/c1-4-7-10-11-12-14-25(15-13-22-29(20-8-5-2)21-9-6-3)33-26(30)23-16-18-24(19-17-23)28-27(31)32;/h16-19,25,28H,4-15,20-22H2,1-3H3,(H,31,32);1H. The second-order valence-electron chi connectivity index (χ2n) is 8.93. The van der Waals surface area contributed by atoms with Gasteiger partial charge in [0.25, 0.3) is 0 Å². The van der Waals surface area contributed by atoms with E-state index in [0.717, 1.165) is 45.3 Å². The summed E-state index contributed by atoms with van der Waals surface area (Å²) in [5, 5.41) is 11.1. The number of esters is 1. The number of carboxylic acid groups (broad SMARTS) is 1. The Kier molecular flexibility index (Phi) is 19.5. The monoisotopic (exact) mass is 498 g/mol. The maximum Gasteiger partial charge on any atom is 0.409 e. The number of hydrogen-bond donors (Lipinski definition) is 2. The molecule has 7 heteroatoms. The van der Waals surface area contributed by atoms with Crippen LogP contribution in [0.1, 0.15) is 108 Å². The Morgan fingerprint density at radius 2 is 1.35 bits per heavy atom. The zero-order valence-electron chi connectivity index (χ0n) is 21.5. The van der Waals surface area contributed by atoms with E-state index in [0.29, 0.717) is 11.3 Å². The molecule has 0 aliphatic heterocycles. The molecule has 0 fully saturated rings. The Morgan fingerprint density at radius 3 is 1.91 bits per heavy atom. The number of benzene rings is 1. The van der Waals surface area contributed by atoms with Crippen LogP contribution in [0.2, 0.25) is 0 Å². The van der Waals surface area contributed by atoms with Crippen molar-refractivity contribution in [2.24, 2.45) is 0 Å². The highest BCUT2D eigenvalue weighted by molar-refractivity contribution is 5.91. The SMILES string of the molecule is CCCCCCCC(CCCN(CCCC)CCCC)OC(=O)c1ccc(NC(=O)O)cc1.Cl. The van der Waals surface area contributed by atoms with E-state index in [-0.39, 0.29) is 24.5 Å². The van der Waals surface area contributed by atoms with Crippen LogP contribution in [0.3, 0.4) is 0 Å². The molecule has 1 atom stereocenters. The lowest BCUT2D eigenvalue weighted by Gasteiger charge is -2.24. The van der Waals surface area contributed by atoms with Crippen LogP contribution in [0, 0.1) is 0 Å². The summed E-state index contributed by atoms with van der Waals surface area (Å²) in [6, 6.07) is 6.40. The van der Waals surface area contributed by atoms with Crippen molar-refractivity contribution in [3.05, 3.63) is 29.8 Å². The van der Waals surface area contributed by atoms with Gasteiger partial charge < -0.3 is 14.7 Å². The normalized spacial score (nSPS) is 11.6. The Hall–Kier alpha value is -1.79. The van der Waals surface area contributed by atoms with Crippen molar-refractivity contribution < 1.29 is 19.4 Å². The molecule has 0 spiro atoms. The van der Waals surface area contributed by atoms with E-state index >= 15 is 0 Å². The fraction of sp³-hybridized carbons (Fsp3) is 0.704. The smallest absolute Gasteiger partial charge is 0.409 e. The lowest BCUT2D eigenvalue weighted by Crippen LogP contribution is -2.28. The molecule has 0 aliphatic rings. The van der Waals surface area contributed by atoms with E-state index in [4.69, 9.17) is 9.84 Å². The minimum Gasteiger partial charge on any atom is -0.465 e. The van der Waals surface area contributed by atoms with Crippen molar-refractivity contribution in [2.75, 3.05) is 25.0 Å². The molecule has 1 rings (SSSR count). The number of nitrogens with zero attached hydrogens (tertiary/aromatic N) is 1. The molecule has 1 amide bonds. The molecule has 0 bridgehead atoms. The molecule has 1 unspecified atom stereocenters. The number of nitrogens with one attached hydrogen (secondary N) is 1. The zero-order valence-corrected chi connectivity index (χ0v) is 22.3. The van der Waals surface area contributed by atoms with E-state index in [9.17, 15) is 9.59 Å². The third kappa shape index (κ3) is 15.2. The largest absolute Gasteiger partial charge is 0.465 e. The molecular weight excluding hydrogens is 452 g/mol. The first-order chi connectivity index (χ1) is 16.0. The summed E-state index contributed by atoms with van der Waals surface area (Å²) in [6.07, 6.45) is 12.5. The summed E-state index contributed by atoms with van der Waals surface area (Å²) in [5.41, 5.74) is 0.889. The van der Waals surface area contributed by atoms with Crippen LogP contribution < -0.4 is 5.32 Å². The Bertz CT molecular complexity index is 647. The summed E-state index contributed by atoms with van der Waals surface area (Å²) >= 11 is 0. The molecule has 0 saturated carbocycles. The van der Waals surface area contributed by atoms with Crippen molar-refractivity contribution in [1.82, 2.24) is 4.90 Å². The first kappa shape index (κ1) is 32.2. The maximum atomic E-state index is 12.7. The number of carbonyl (C=O) groups excluding carboxylic acids is 1. The molecule has 1 aromatic carbocycles. The van der Waals surface area contributed by atoms with Gasteiger partial charge in [-0.2, -0.15) is 0 Å². The van der Waals surface area contributed by atoms with Gasteiger partial charge in [0, 0.05) is 5.69 Å².